The molecule has 1 rings (SSSR count). The number of amides is 1. The van der Waals surface area contributed by atoms with Gasteiger partial charge in [-0.1, -0.05) is 0 Å². The largest absolute Gasteiger partial charge is 0.383 e. The van der Waals surface area contributed by atoms with Gasteiger partial charge in [0.25, 0.3) is 5.56 Å². The second-order valence-corrected chi connectivity index (χ2v) is 4.92. The summed E-state index contributed by atoms with van der Waals surface area (Å²) in [6.07, 6.45) is 0.351. The first-order valence-corrected chi connectivity index (χ1v) is 7.02. The summed E-state index contributed by atoms with van der Waals surface area (Å²) < 4.78 is 4.85. The minimum absolute atomic E-state index is 0.0422. The third-order valence-electron chi connectivity index (χ3n) is 3.13. The SMILES string of the molecule is COCCNC(=O)CCNC(C)c1c(C)nc(C)[nH]c1=O. The number of ether oxygens (including phenoxy) is 1. The lowest BCUT2D eigenvalue weighted by molar-refractivity contribution is -0.121. The van der Waals surface area contributed by atoms with E-state index in [4.69, 9.17) is 4.74 Å². The Bertz CT molecular complexity index is 527. The van der Waals surface area contributed by atoms with Crippen LogP contribution in [0.4, 0.5) is 0 Å². The molecule has 0 aliphatic carbocycles. The Morgan fingerprint density at radius 1 is 1.38 bits per heavy atom. The van der Waals surface area contributed by atoms with Crippen molar-refractivity contribution in [1.29, 1.82) is 0 Å². The highest BCUT2D eigenvalue weighted by Gasteiger charge is 2.14. The highest BCUT2D eigenvalue weighted by atomic mass is 16.5. The maximum atomic E-state index is 11.9. The van der Waals surface area contributed by atoms with Gasteiger partial charge in [0.1, 0.15) is 5.82 Å². The molecule has 0 saturated carbocycles. The van der Waals surface area contributed by atoms with E-state index in [0.717, 1.165) is 0 Å². The molecule has 0 aromatic carbocycles. The van der Waals surface area contributed by atoms with Crippen LogP contribution in [0.25, 0.3) is 0 Å². The van der Waals surface area contributed by atoms with Crippen LogP contribution >= 0.6 is 0 Å². The molecule has 118 valence electrons. The molecule has 0 aliphatic rings. The molecule has 7 heteroatoms. The molecule has 0 bridgehead atoms. The van der Waals surface area contributed by atoms with Crippen LogP contribution in [0.2, 0.25) is 0 Å². The maximum Gasteiger partial charge on any atom is 0.255 e. The predicted molar refractivity (Wildman–Crippen MR) is 80.3 cm³/mol. The number of H-pyrrole nitrogens is 1. The summed E-state index contributed by atoms with van der Waals surface area (Å²) in [5.41, 5.74) is 1.19. The number of rotatable bonds is 8. The molecular formula is C14H24N4O3. The number of carbonyl (C=O) groups is 1. The van der Waals surface area contributed by atoms with Crippen LogP contribution in [0, 0.1) is 13.8 Å². The van der Waals surface area contributed by atoms with Gasteiger partial charge in [0.05, 0.1) is 12.2 Å². The molecule has 0 spiro atoms. The predicted octanol–water partition coefficient (Wildman–Crippen LogP) is 0.190. The smallest absolute Gasteiger partial charge is 0.255 e. The minimum atomic E-state index is -0.159. The molecule has 3 N–H and O–H groups in total. The van der Waals surface area contributed by atoms with E-state index in [2.05, 4.69) is 20.6 Å². The van der Waals surface area contributed by atoms with E-state index in [9.17, 15) is 9.59 Å². The molecule has 1 aromatic heterocycles. The molecule has 0 aliphatic heterocycles. The number of aromatic nitrogens is 2. The van der Waals surface area contributed by atoms with Crippen LogP contribution in [-0.4, -0.2) is 42.7 Å². The highest BCUT2D eigenvalue weighted by Crippen LogP contribution is 2.10. The summed E-state index contributed by atoms with van der Waals surface area (Å²) in [4.78, 5) is 30.4. The number of hydrogen-bond acceptors (Lipinski definition) is 5. The van der Waals surface area contributed by atoms with Gasteiger partial charge in [-0.05, 0) is 20.8 Å². The molecule has 7 nitrogen and oxygen atoms in total. The van der Waals surface area contributed by atoms with Crippen LogP contribution in [0.1, 0.15) is 36.5 Å². The Morgan fingerprint density at radius 2 is 2.10 bits per heavy atom. The summed E-state index contributed by atoms with van der Waals surface area (Å²) in [5, 5.41) is 5.91. The van der Waals surface area contributed by atoms with Crippen molar-refractivity contribution in [3.05, 3.63) is 27.4 Å². The van der Waals surface area contributed by atoms with Crippen LogP contribution in [0.3, 0.4) is 0 Å². The number of aromatic amines is 1. The first-order chi connectivity index (χ1) is 9.95. The zero-order chi connectivity index (χ0) is 15.8. The fourth-order valence-corrected chi connectivity index (χ4v) is 2.13. The molecular weight excluding hydrogens is 272 g/mol. The molecule has 0 radical (unpaired) electrons. The van der Waals surface area contributed by atoms with Gasteiger partial charge in [-0.3, -0.25) is 9.59 Å². The Kier molecular flexibility index (Phi) is 7.04. The Hall–Kier alpha value is -1.73. The van der Waals surface area contributed by atoms with Crippen LogP contribution < -0.4 is 16.2 Å². The van der Waals surface area contributed by atoms with Gasteiger partial charge in [0.2, 0.25) is 5.91 Å². The summed E-state index contributed by atoms with van der Waals surface area (Å²) in [7, 11) is 1.59. The van der Waals surface area contributed by atoms with E-state index in [1.54, 1.807) is 14.0 Å². The molecule has 1 unspecified atom stereocenters. The minimum Gasteiger partial charge on any atom is -0.383 e. The molecule has 1 heterocycles. The second kappa shape index (κ2) is 8.53. The standard InChI is InChI=1S/C14H24N4O3/c1-9(13-10(2)17-11(3)18-14(13)20)15-6-5-12(19)16-7-8-21-4/h9,15H,5-8H2,1-4H3,(H,16,19)(H,17,18,20). The van der Waals surface area contributed by atoms with E-state index in [1.165, 1.54) is 0 Å². The van der Waals surface area contributed by atoms with Gasteiger partial charge in [-0.15, -0.1) is 0 Å². The lowest BCUT2D eigenvalue weighted by Gasteiger charge is -2.15. The maximum absolute atomic E-state index is 11.9. The first-order valence-electron chi connectivity index (χ1n) is 7.02. The number of aryl methyl sites for hydroxylation is 2. The van der Waals surface area contributed by atoms with E-state index >= 15 is 0 Å². The number of carbonyl (C=O) groups excluding carboxylic acids is 1. The van der Waals surface area contributed by atoms with E-state index in [1.807, 2.05) is 13.8 Å². The third-order valence-corrected chi connectivity index (χ3v) is 3.13. The van der Waals surface area contributed by atoms with Crippen molar-refractivity contribution in [2.24, 2.45) is 0 Å². The molecule has 1 atom stereocenters. The third kappa shape index (κ3) is 5.65. The summed E-state index contributed by atoms with van der Waals surface area (Å²) >= 11 is 0. The van der Waals surface area contributed by atoms with Gasteiger partial charge < -0.3 is 20.4 Å². The van der Waals surface area contributed by atoms with Crippen molar-refractivity contribution in [2.45, 2.75) is 33.2 Å². The van der Waals surface area contributed by atoms with E-state index in [-0.39, 0.29) is 17.5 Å². The average Bonchev–Trinajstić information content (AvgIpc) is 2.37. The van der Waals surface area contributed by atoms with Crippen molar-refractivity contribution in [3.8, 4) is 0 Å². The van der Waals surface area contributed by atoms with Crippen LogP contribution in [0.15, 0.2) is 4.79 Å². The Morgan fingerprint density at radius 3 is 2.71 bits per heavy atom. The second-order valence-electron chi connectivity index (χ2n) is 4.92. The van der Waals surface area contributed by atoms with Crippen molar-refractivity contribution in [1.82, 2.24) is 20.6 Å². The molecule has 21 heavy (non-hydrogen) atoms. The normalized spacial score (nSPS) is 12.2. The van der Waals surface area contributed by atoms with Crippen LogP contribution in [0.5, 0.6) is 0 Å². The fraction of sp³-hybridized carbons (Fsp3) is 0.643. The lowest BCUT2D eigenvalue weighted by atomic mass is 10.1. The van der Waals surface area contributed by atoms with Gasteiger partial charge in [-0.25, -0.2) is 4.98 Å². The van der Waals surface area contributed by atoms with E-state index in [0.29, 0.717) is 43.2 Å². The van der Waals surface area contributed by atoms with Crippen molar-refractivity contribution in [2.75, 3.05) is 26.8 Å². The summed E-state index contributed by atoms with van der Waals surface area (Å²) in [6.45, 7) is 6.95. The Balaban J connectivity index is 2.46. The first kappa shape index (κ1) is 17.3. The fourth-order valence-electron chi connectivity index (χ4n) is 2.13. The number of nitrogens with one attached hydrogen (secondary N) is 3. The van der Waals surface area contributed by atoms with Crippen molar-refractivity contribution in [3.63, 3.8) is 0 Å². The topological polar surface area (TPSA) is 96.1 Å². The number of methoxy groups -OCH3 is 1. The Labute approximate surface area is 124 Å². The molecule has 1 aromatic rings. The average molecular weight is 296 g/mol. The summed E-state index contributed by atoms with van der Waals surface area (Å²) in [5.74, 6) is 0.561. The van der Waals surface area contributed by atoms with Gasteiger partial charge >= 0.3 is 0 Å². The zero-order valence-corrected chi connectivity index (χ0v) is 13.1. The van der Waals surface area contributed by atoms with E-state index < -0.39 is 0 Å². The summed E-state index contributed by atoms with van der Waals surface area (Å²) in [6, 6.07) is -0.159. The molecule has 1 amide bonds. The lowest BCUT2D eigenvalue weighted by Crippen LogP contribution is -2.32. The monoisotopic (exact) mass is 296 g/mol. The van der Waals surface area contributed by atoms with Gasteiger partial charge in [0, 0.05) is 38.4 Å². The van der Waals surface area contributed by atoms with Gasteiger partial charge in [-0.2, -0.15) is 0 Å². The van der Waals surface area contributed by atoms with Crippen LogP contribution in [-0.2, 0) is 9.53 Å². The van der Waals surface area contributed by atoms with Crippen molar-refractivity contribution < 1.29 is 9.53 Å². The quantitative estimate of drug-likeness (QED) is 0.595. The number of hydrogen-bond donors (Lipinski definition) is 3. The zero-order valence-electron chi connectivity index (χ0n) is 13.1. The molecule has 0 saturated heterocycles. The van der Waals surface area contributed by atoms with Crippen molar-refractivity contribution >= 4 is 5.91 Å². The molecule has 0 fully saturated rings. The van der Waals surface area contributed by atoms with Gasteiger partial charge in [0.15, 0.2) is 0 Å². The highest BCUT2D eigenvalue weighted by molar-refractivity contribution is 5.76. The number of nitrogens with zero attached hydrogens (tertiary/aromatic N) is 1.